The van der Waals surface area contributed by atoms with Crippen molar-refractivity contribution < 1.29 is 14.1 Å². The van der Waals surface area contributed by atoms with Gasteiger partial charge in [-0.2, -0.15) is 4.98 Å². The summed E-state index contributed by atoms with van der Waals surface area (Å²) in [5.74, 6) is 0.936. The highest BCUT2D eigenvalue weighted by Gasteiger charge is 2.33. The number of nitrogens with one attached hydrogen (secondary N) is 3. The lowest BCUT2D eigenvalue weighted by Crippen LogP contribution is -2.46. The van der Waals surface area contributed by atoms with Crippen LogP contribution in [0.25, 0.3) is 0 Å². The van der Waals surface area contributed by atoms with Gasteiger partial charge in [0.15, 0.2) is 5.82 Å². The molecular formula is C29H35ClN7O3P. The number of likely N-dealkylation sites (tertiary alicyclic amines) is 1. The fraction of sp³-hybridized carbons (Fsp3) is 0.345. The molecular weight excluding hydrogens is 561 g/mol. The van der Waals surface area contributed by atoms with Gasteiger partial charge in [0.1, 0.15) is 23.6 Å². The predicted molar refractivity (Wildman–Crippen MR) is 168 cm³/mol. The normalized spacial score (nSPS) is 17.1. The summed E-state index contributed by atoms with van der Waals surface area (Å²) in [5.41, 5.74) is 2.71. The van der Waals surface area contributed by atoms with Gasteiger partial charge in [-0.1, -0.05) is 30.3 Å². The first-order chi connectivity index (χ1) is 19.7. The van der Waals surface area contributed by atoms with E-state index in [1.807, 2.05) is 36.4 Å². The molecule has 3 N–H and O–H groups in total. The number of carbonyl (C=O) groups is 1. The van der Waals surface area contributed by atoms with Crippen molar-refractivity contribution in [3.63, 3.8) is 0 Å². The molecule has 2 aromatic carbocycles. The Bertz CT molecular complexity index is 1510. The summed E-state index contributed by atoms with van der Waals surface area (Å²) < 4.78 is 18.7. The van der Waals surface area contributed by atoms with Crippen molar-refractivity contribution in [3.05, 3.63) is 60.3 Å². The Balaban J connectivity index is 1.44. The molecule has 5 rings (SSSR count). The van der Waals surface area contributed by atoms with Gasteiger partial charge in [-0.15, -0.1) is 0 Å². The average molecular weight is 596 g/mol. The molecule has 12 heteroatoms. The predicted octanol–water partition coefficient (Wildman–Crippen LogP) is 5.28. The molecule has 1 unspecified atom stereocenters. The minimum atomic E-state index is -2.55. The highest BCUT2D eigenvalue weighted by atomic mass is 35.5. The summed E-state index contributed by atoms with van der Waals surface area (Å²) in [4.78, 5) is 26.1. The van der Waals surface area contributed by atoms with E-state index in [2.05, 4.69) is 42.3 Å². The van der Waals surface area contributed by atoms with Crippen LogP contribution >= 0.6 is 18.7 Å². The van der Waals surface area contributed by atoms with Crippen molar-refractivity contribution in [2.45, 2.75) is 18.9 Å². The van der Waals surface area contributed by atoms with Crippen LogP contribution in [-0.2, 0) is 9.36 Å². The fourth-order valence-electron chi connectivity index (χ4n) is 5.21. The third-order valence-electron chi connectivity index (χ3n) is 7.36. The summed E-state index contributed by atoms with van der Waals surface area (Å²) in [5, 5.41) is 10.4. The molecule has 3 aromatic rings. The number of halogens is 1. The number of methoxy groups -OCH3 is 1. The third kappa shape index (κ3) is 6.50. The van der Waals surface area contributed by atoms with Gasteiger partial charge >= 0.3 is 0 Å². The van der Waals surface area contributed by atoms with E-state index in [-0.39, 0.29) is 11.9 Å². The Morgan fingerprint density at radius 1 is 1.17 bits per heavy atom. The molecule has 1 amide bonds. The van der Waals surface area contributed by atoms with E-state index in [1.54, 1.807) is 20.4 Å². The number of amides is 1. The standard InChI is InChI=1S/C29H35ClN7O3P/c1-5-26(38)33-23-15-19(16-24(40-2)27(23)37-14-11-20(18-37)36-12-8-13-36)32-29-31-17-21(30)28(35-29)34-22-9-6-7-10-25(22)41(3,4)39/h5-7,9-10,15-17,20H,1,8,11-14,18H2,2-4H3,(H,33,38)(H2,31,32,34,35). The Morgan fingerprint density at radius 2 is 1.95 bits per heavy atom. The van der Waals surface area contributed by atoms with Crippen molar-refractivity contribution in [1.82, 2.24) is 14.9 Å². The summed E-state index contributed by atoms with van der Waals surface area (Å²) in [6.07, 6.45) is 5.04. The molecule has 0 aliphatic carbocycles. The van der Waals surface area contributed by atoms with Crippen LogP contribution < -0.4 is 30.9 Å². The fourth-order valence-corrected chi connectivity index (χ4v) is 6.50. The van der Waals surface area contributed by atoms with Crippen LogP contribution in [0.1, 0.15) is 12.8 Å². The van der Waals surface area contributed by atoms with E-state index in [1.165, 1.54) is 18.7 Å². The number of carbonyl (C=O) groups excluding carboxylic acids is 1. The molecule has 2 aliphatic rings. The van der Waals surface area contributed by atoms with Gasteiger partial charge in [-0.25, -0.2) is 4.98 Å². The smallest absolute Gasteiger partial charge is 0.247 e. The van der Waals surface area contributed by atoms with Crippen LogP contribution in [0, 0.1) is 0 Å². The molecule has 41 heavy (non-hydrogen) atoms. The van der Waals surface area contributed by atoms with Gasteiger partial charge in [0, 0.05) is 36.2 Å². The first-order valence-electron chi connectivity index (χ1n) is 13.5. The van der Waals surface area contributed by atoms with Crippen LogP contribution in [0.4, 0.5) is 34.5 Å². The van der Waals surface area contributed by atoms with E-state index in [0.29, 0.717) is 45.0 Å². The van der Waals surface area contributed by atoms with Crippen LogP contribution in [0.15, 0.2) is 55.3 Å². The van der Waals surface area contributed by atoms with Gasteiger partial charge in [-0.3, -0.25) is 9.69 Å². The van der Waals surface area contributed by atoms with Crippen molar-refractivity contribution in [2.75, 3.05) is 67.5 Å². The molecule has 1 atom stereocenters. The minimum Gasteiger partial charge on any atom is -0.494 e. The average Bonchev–Trinajstić information content (AvgIpc) is 3.37. The molecule has 0 saturated carbocycles. The van der Waals surface area contributed by atoms with E-state index < -0.39 is 7.14 Å². The topological polar surface area (TPSA) is 112 Å². The lowest BCUT2D eigenvalue weighted by Gasteiger charge is -2.36. The quantitative estimate of drug-likeness (QED) is 0.213. The zero-order valence-electron chi connectivity index (χ0n) is 23.5. The number of hydrogen-bond donors (Lipinski definition) is 3. The number of aromatic nitrogens is 2. The maximum absolute atomic E-state index is 12.8. The Morgan fingerprint density at radius 3 is 2.63 bits per heavy atom. The van der Waals surface area contributed by atoms with Gasteiger partial charge in [-0.05, 0) is 63.5 Å². The summed E-state index contributed by atoms with van der Waals surface area (Å²) in [6.45, 7) is 11.0. The summed E-state index contributed by atoms with van der Waals surface area (Å²) in [6, 6.07) is 11.6. The van der Waals surface area contributed by atoms with Gasteiger partial charge in [0.25, 0.3) is 0 Å². The van der Waals surface area contributed by atoms with E-state index >= 15 is 0 Å². The first-order valence-corrected chi connectivity index (χ1v) is 16.5. The second-order valence-electron chi connectivity index (χ2n) is 10.6. The monoisotopic (exact) mass is 595 g/mol. The highest BCUT2D eigenvalue weighted by molar-refractivity contribution is 7.70. The summed E-state index contributed by atoms with van der Waals surface area (Å²) in [7, 11) is -0.938. The van der Waals surface area contributed by atoms with E-state index in [9.17, 15) is 9.36 Å². The zero-order chi connectivity index (χ0) is 29.1. The van der Waals surface area contributed by atoms with Crippen LogP contribution in [0.5, 0.6) is 5.75 Å². The maximum atomic E-state index is 12.8. The van der Waals surface area contributed by atoms with E-state index in [0.717, 1.165) is 38.3 Å². The van der Waals surface area contributed by atoms with Gasteiger partial charge in [0.2, 0.25) is 11.9 Å². The van der Waals surface area contributed by atoms with E-state index in [4.69, 9.17) is 16.3 Å². The lowest BCUT2D eigenvalue weighted by molar-refractivity contribution is -0.111. The van der Waals surface area contributed by atoms with Crippen LogP contribution in [0.3, 0.4) is 0 Å². The van der Waals surface area contributed by atoms with Gasteiger partial charge < -0.3 is 30.2 Å². The molecule has 0 spiro atoms. The zero-order valence-corrected chi connectivity index (χ0v) is 25.1. The molecule has 10 nitrogen and oxygen atoms in total. The molecule has 2 aliphatic heterocycles. The largest absolute Gasteiger partial charge is 0.494 e. The second-order valence-corrected chi connectivity index (χ2v) is 14.1. The SMILES string of the molecule is C=CC(=O)Nc1cc(Nc2ncc(Cl)c(Nc3ccccc3P(C)(C)=O)n2)cc(OC)c1N1CCC(N2CCC2)C1. The highest BCUT2D eigenvalue weighted by Crippen LogP contribution is 2.42. The lowest BCUT2D eigenvalue weighted by atomic mass is 10.1. The number of nitrogens with zero attached hydrogens (tertiary/aromatic N) is 4. The summed E-state index contributed by atoms with van der Waals surface area (Å²) >= 11 is 6.43. The van der Waals surface area contributed by atoms with Crippen molar-refractivity contribution in [2.24, 2.45) is 0 Å². The number of hydrogen-bond acceptors (Lipinski definition) is 9. The number of ether oxygens (including phenoxy) is 1. The molecule has 1 aromatic heterocycles. The van der Waals surface area contributed by atoms with Crippen molar-refractivity contribution >= 4 is 64.5 Å². The number of rotatable bonds is 10. The number of benzene rings is 2. The molecule has 3 heterocycles. The Kier molecular flexibility index (Phi) is 8.54. The molecule has 2 fully saturated rings. The molecule has 0 bridgehead atoms. The molecule has 2 saturated heterocycles. The molecule has 0 radical (unpaired) electrons. The second kappa shape index (κ2) is 12.1. The van der Waals surface area contributed by atoms with Crippen molar-refractivity contribution in [3.8, 4) is 5.75 Å². The maximum Gasteiger partial charge on any atom is 0.247 e. The number of para-hydroxylation sites is 1. The first kappa shape index (κ1) is 28.9. The third-order valence-corrected chi connectivity index (χ3v) is 9.19. The van der Waals surface area contributed by atoms with Crippen LogP contribution in [0.2, 0.25) is 5.02 Å². The Labute approximate surface area is 245 Å². The minimum absolute atomic E-state index is 0.278. The van der Waals surface area contributed by atoms with Crippen LogP contribution in [-0.4, -0.2) is 73.4 Å². The Hall–Kier alpha value is -3.59. The van der Waals surface area contributed by atoms with Gasteiger partial charge in [0.05, 0.1) is 24.7 Å². The molecule has 216 valence electrons. The number of anilines is 6. The van der Waals surface area contributed by atoms with Crippen molar-refractivity contribution in [1.29, 1.82) is 0 Å².